The van der Waals surface area contributed by atoms with Crippen LogP contribution in [0.3, 0.4) is 0 Å². The van der Waals surface area contributed by atoms with Crippen LogP contribution in [0.2, 0.25) is 0 Å². The Balaban J connectivity index is 1.85. The number of ether oxygens (including phenoxy) is 1. The molecule has 122 valence electrons. The molecule has 0 unspecified atom stereocenters. The van der Waals surface area contributed by atoms with Gasteiger partial charge in [0.05, 0.1) is 7.11 Å². The Labute approximate surface area is 134 Å². The Morgan fingerprint density at radius 3 is 2.45 bits per heavy atom. The van der Waals surface area contributed by atoms with Gasteiger partial charge in [0.25, 0.3) is 0 Å². The van der Waals surface area contributed by atoms with E-state index in [0.717, 1.165) is 18.8 Å². The van der Waals surface area contributed by atoms with Crippen LogP contribution in [-0.2, 0) is 12.0 Å². The highest BCUT2D eigenvalue weighted by molar-refractivity contribution is 5.41. The number of benzene rings is 1. The maximum Gasteiger partial charge on any atom is 0.123 e. The van der Waals surface area contributed by atoms with Crippen LogP contribution < -0.4 is 10.5 Å². The van der Waals surface area contributed by atoms with E-state index in [1.807, 2.05) is 0 Å². The van der Waals surface area contributed by atoms with Crippen molar-refractivity contribution >= 4 is 0 Å². The molecule has 0 spiro atoms. The minimum atomic E-state index is 0.211. The summed E-state index contributed by atoms with van der Waals surface area (Å²) < 4.78 is 5.61. The first-order valence-corrected chi connectivity index (χ1v) is 8.87. The number of likely N-dealkylation sites (tertiary alicyclic amines) is 1. The fraction of sp³-hybridized carbons (Fsp3) is 0.684. The second kappa shape index (κ2) is 7.01. The Kier molecular flexibility index (Phi) is 5.04. The molecule has 1 heterocycles. The number of methoxy groups -OCH3 is 1. The number of nitrogens with two attached hydrogens (primary N) is 1. The third-order valence-corrected chi connectivity index (χ3v) is 5.69. The number of hydrogen-bond donors (Lipinski definition) is 1. The zero-order valence-electron chi connectivity index (χ0n) is 13.9. The fourth-order valence-corrected chi connectivity index (χ4v) is 4.25. The monoisotopic (exact) mass is 302 g/mol. The van der Waals surface area contributed by atoms with Crippen molar-refractivity contribution in [2.75, 3.05) is 26.7 Å². The van der Waals surface area contributed by atoms with Crippen molar-refractivity contribution in [1.29, 1.82) is 0 Å². The van der Waals surface area contributed by atoms with Crippen molar-refractivity contribution in [3.8, 4) is 5.75 Å². The topological polar surface area (TPSA) is 38.5 Å². The first-order valence-electron chi connectivity index (χ1n) is 8.87. The van der Waals surface area contributed by atoms with Crippen LogP contribution in [0.1, 0.15) is 56.1 Å². The first-order chi connectivity index (χ1) is 10.8. The standard InChI is InChI=1S/C19H30N2O/c1-22-18-8-7-17(19(15-20)9-3-4-10-19)13-16(18)14-21-11-5-2-6-12-21/h7-8,13H,2-6,9-12,14-15,20H2,1H3. The molecule has 0 atom stereocenters. The van der Waals surface area contributed by atoms with Crippen LogP contribution in [-0.4, -0.2) is 31.6 Å². The lowest BCUT2D eigenvalue weighted by Crippen LogP contribution is -2.32. The van der Waals surface area contributed by atoms with Crippen molar-refractivity contribution in [3.63, 3.8) is 0 Å². The summed E-state index contributed by atoms with van der Waals surface area (Å²) in [6, 6.07) is 6.78. The molecule has 1 aliphatic heterocycles. The van der Waals surface area contributed by atoms with E-state index >= 15 is 0 Å². The van der Waals surface area contributed by atoms with Gasteiger partial charge in [0.2, 0.25) is 0 Å². The molecule has 0 bridgehead atoms. The van der Waals surface area contributed by atoms with Crippen molar-refractivity contribution in [2.45, 2.75) is 56.9 Å². The van der Waals surface area contributed by atoms with Gasteiger partial charge in [0, 0.05) is 24.1 Å². The summed E-state index contributed by atoms with van der Waals surface area (Å²) >= 11 is 0. The van der Waals surface area contributed by atoms with Crippen molar-refractivity contribution < 1.29 is 4.74 Å². The first kappa shape index (κ1) is 15.8. The van der Waals surface area contributed by atoms with Gasteiger partial charge in [0.15, 0.2) is 0 Å². The molecule has 1 aromatic rings. The molecule has 1 saturated carbocycles. The third-order valence-electron chi connectivity index (χ3n) is 5.69. The SMILES string of the molecule is COc1ccc(C2(CN)CCCC2)cc1CN1CCCCC1. The number of hydrogen-bond acceptors (Lipinski definition) is 3. The molecular weight excluding hydrogens is 272 g/mol. The van der Waals surface area contributed by atoms with E-state index in [9.17, 15) is 0 Å². The maximum absolute atomic E-state index is 6.16. The highest BCUT2D eigenvalue weighted by atomic mass is 16.5. The molecule has 1 aromatic carbocycles. The Morgan fingerprint density at radius 2 is 1.82 bits per heavy atom. The van der Waals surface area contributed by atoms with E-state index in [4.69, 9.17) is 10.5 Å². The molecule has 3 nitrogen and oxygen atoms in total. The highest BCUT2D eigenvalue weighted by Gasteiger charge is 2.34. The molecule has 1 aliphatic carbocycles. The van der Waals surface area contributed by atoms with Crippen molar-refractivity contribution in [1.82, 2.24) is 4.90 Å². The largest absolute Gasteiger partial charge is 0.496 e. The van der Waals surface area contributed by atoms with E-state index in [0.29, 0.717) is 0 Å². The van der Waals surface area contributed by atoms with Gasteiger partial charge in [-0.2, -0.15) is 0 Å². The summed E-state index contributed by atoms with van der Waals surface area (Å²) in [7, 11) is 1.78. The quantitative estimate of drug-likeness (QED) is 0.905. The minimum absolute atomic E-state index is 0.211. The zero-order valence-corrected chi connectivity index (χ0v) is 13.9. The van der Waals surface area contributed by atoms with Gasteiger partial charge in [-0.25, -0.2) is 0 Å². The Bertz CT molecular complexity index is 488. The van der Waals surface area contributed by atoms with Crippen LogP contribution in [0.15, 0.2) is 18.2 Å². The Morgan fingerprint density at radius 1 is 1.09 bits per heavy atom. The third kappa shape index (κ3) is 3.16. The molecule has 0 radical (unpaired) electrons. The summed E-state index contributed by atoms with van der Waals surface area (Å²) in [5.74, 6) is 1.03. The van der Waals surface area contributed by atoms with Gasteiger partial charge in [-0.15, -0.1) is 0 Å². The average molecular weight is 302 g/mol. The predicted octanol–water partition coefficient (Wildman–Crippen LogP) is 3.45. The van der Waals surface area contributed by atoms with E-state index in [1.54, 1.807) is 7.11 Å². The number of nitrogens with zero attached hydrogens (tertiary/aromatic N) is 1. The van der Waals surface area contributed by atoms with Gasteiger partial charge < -0.3 is 10.5 Å². The summed E-state index contributed by atoms with van der Waals surface area (Å²) in [5.41, 5.74) is 9.14. The van der Waals surface area contributed by atoms with Gasteiger partial charge >= 0.3 is 0 Å². The minimum Gasteiger partial charge on any atom is -0.496 e. The van der Waals surface area contributed by atoms with E-state index in [1.165, 1.54) is 69.2 Å². The molecule has 3 heteroatoms. The van der Waals surface area contributed by atoms with Gasteiger partial charge in [-0.3, -0.25) is 4.90 Å². The van der Waals surface area contributed by atoms with E-state index in [-0.39, 0.29) is 5.41 Å². The molecule has 22 heavy (non-hydrogen) atoms. The van der Waals surface area contributed by atoms with Crippen LogP contribution in [0, 0.1) is 0 Å². The van der Waals surface area contributed by atoms with Crippen LogP contribution in [0.4, 0.5) is 0 Å². The molecule has 2 N–H and O–H groups in total. The molecule has 3 rings (SSSR count). The lowest BCUT2D eigenvalue weighted by molar-refractivity contribution is 0.218. The molecule has 2 aliphatic rings. The molecular formula is C19H30N2O. The lowest BCUT2D eigenvalue weighted by Gasteiger charge is -2.30. The predicted molar refractivity (Wildman–Crippen MR) is 91.3 cm³/mol. The lowest BCUT2D eigenvalue weighted by atomic mass is 9.78. The number of piperidine rings is 1. The van der Waals surface area contributed by atoms with Crippen molar-refractivity contribution in [2.24, 2.45) is 5.73 Å². The zero-order chi connectivity index (χ0) is 15.4. The van der Waals surface area contributed by atoms with Gasteiger partial charge in [-0.1, -0.05) is 31.4 Å². The molecule has 1 saturated heterocycles. The average Bonchev–Trinajstić information content (AvgIpc) is 3.06. The second-order valence-electron chi connectivity index (χ2n) is 7.05. The van der Waals surface area contributed by atoms with Crippen LogP contribution >= 0.6 is 0 Å². The summed E-state index contributed by atoms with van der Waals surface area (Å²) in [4.78, 5) is 2.56. The van der Waals surface area contributed by atoms with Gasteiger partial charge in [0.1, 0.15) is 5.75 Å². The molecule has 0 amide bonds. The van der Waals surface area contributed by atoms with E-state index in [2.05, 4.69) is 23.1 Å². The normalized spacial score (nSPS) is 21.9. The second-order valence-corrected chi connectivity index (χ2v) is 7.05. The molecule has 0 aromatic heterocycles. The maximum atomic E-state index is 6.16. The summed E-state index contributed by atoms with van der Waals surface area (Å²) in [6.45, 7) is 4.21. The molecule has 2 fully saturated rings. The fourth-order valence-electron chi connectivity index (χ4n) is 4.25. The highest BCUT2D eigenvalue weighted by Crippen LogP contribution is 2.41. The van der Waals surface area contributed by atoms with Crippen molar-refractivity contribution in [3.05, 3.63) is 29.3 Å². The van der Waals surface area contributed by atoms with Crippen LogP contribution in [0.25, 0.3) is 0 Å². The summed E-state index contributed by atoms with van der Waals surface area (Å²) in [5, 5.41) is 0. The number of rotatable bonds is 5. The van der Waals surface area contributed by atoms with E-state index < -0.39 is 0 Å². The smallest absolute Gasteiger partial charge is 0.123 e. The van der Waals surface area contributed by atoms with Gasteiger partial charge in [-0.05, 0) is 50.4 Å². The van der Waals surface area contributed by atoms with Crippen LogP contribution in [0.5, 0.6) is 5.75 Å². The Hall–Kier alpha value is -1.06. The summed E-state index contributed by atoms with van der Waals surface area (Å²) in [6.07, 6.45) is 9.13.